The molecule has 5 nitrogen and oxygen atoms in total. The Balaban J connectivity index is 2.00. The largest absolute Gasteiger partial charge is 0.341 e. The minimum Gasteiger partial charge on any atom is -0.341 e. The zero-order chi connectivity index (χ0) is 21.9. The van der Waals surface area contributed by atoms with Crippen LogP contribution in [0.4, 0.5) is 0 Å². The van der Waals surface area contributed by atoms with Crippen molar-refractivity contribution in [2.75, 3.05) is 14.1 Å². The van der Waals surface area contributed by atoms with Crippen molar-refractivity contribution in [3.05, 3.63) is 99.5 Å². The molecule has 0 spiro atoms. The first-order valence-electron chi connectivity index (χ1n) is 9.03. The summed E-state index contributed by atoms with van der Waals surface area (Å²) in [5.74, 6) is -0.486. The lowest BCUT2D eigenvalue weighted by Gasteiger charge is -2.21. The van der Waals surface area contributed by atoms with Crippen LogP contribution in [0.15, 0.2) is 77.7 Å². The van der Waals surface area contributed by atoms with Crippen molar-refractivity contribution >= 4 is 39.1 Å². The highest BCUT2D eigenvalue weighted by Gasteiger charge is 2.23. The summed E-state index contributed by atoms with van der Waals surface area (Å²) in [6.45, 7) is 0. The third kappa shape index (κ3) is 4.84. The molecule has 1 amide bonds. The molecule has 1 atom stereocenters. The molecule has 3 aromatic carbocycles. The van der Waals surface area contributed by atoms with Gasteiger partial charge in [-0.05, 0) is 41.5 Å². The molecule has 0 aliphatic heterocycles. The third-order valence-electron chi connectivity index (χ3n) is 4.57. The van der Waals surface area contributed by atoms with Crippen LogP contribution in [0.5, 0.6) is 0 Å². The smallest absolute Gasteiger partial charge is 0.253 e. The lowest BCUT2D eigenvalue weighted by atomic mass is 9.98. The first-order chi connectivity index (χ1) is 14.2. The second kappa shape index (κ2) is 9.18. The average molecular weight is 463 g/mol. The number of carbonyl (C=O) groups is 1. The number of carbonyl (C=O) groups excluding carboxylic acids is 1. The van der Waals surface area contributed by atoms with Crippen LogP contribution < -0.4 is 5.32 Å². The van der Waals surface area contributed by atoms with Gasteiger partial charge in [0, 0.05) is 19.1 Å². The van der Waals surface area contributed by atoms with Gasteiger partial charge >= 0.3 is 0 Å². The second-order valence-electron chi connectivity index (χ2n) is 6.80. The van der Waals surface area contributed by atoms with E-state index in [1.807, 2.05) is 42.5 Å². The Morgan fingerprint density at radius 3 is 2.10 bits per heavy atom. The monoisotopic (exact) mass is 462 g/mol. The predicted molar refractivity (Wildman–Crippen MR) is 120 cm³/mol. The summed E-state index contributed by atoms with van der Waals surface area (Å²) in [5.41, 5.74) is 1.77. The molecule has 0 aliphatic rings. The van der Waals surface area contributed by atoms with Crippen LogP contribution in [0.3, 0.4) is 0 Å². The highest BCUT2D eigenvalue weighted by atomic mass is 35.5. The minimum absolute atomic E-state index is 0.00944. The number of halogens is 2. The Labute approximate surface area is 186 Å². The van der Waals surface area contributed by atoms with Gasteiger partial charge in [0.05, 0.1) is 21.5 Å². The fourth-order valence-electron chi connectivity index (χ4n) is 2.92. The van der Waals surface area contributed by atoms with Crippen molar-refractivity contribution in [1.82, 2.24) is 9.62 Å². The lowest BCUT2D eigenvalue weighted by Crippen LogP contribution is -2.30. The summed E-state index contributed by atoms with van der Waals surface area (Å²) in [6, 6.07) is 20.2. The minimum atomic E-state index is -3.71. The molecule has 0 fully saturated rings. The van der Waals surface area contributed by atoms with Gasteiger partial charge in [-0.2, -0.15) is 0 Å². The number of nitrogens with one attached hydrogen (secondary N) is 1. The highest BCUT2D eigenvalue weighted by molar-refractivity contribution is 7.89. The molecule has 156 valence electrons. The van der Waals surface area contributed by atoms with E-state index in [2.05, 4.69) is 5.32 Å². The summed E-state index contributed by atoms with van der Waals surface area (Å²) in [5, 5.41) is 3.70. The fourth-order valence-corrected chi connectivity index (χ4v) is 4.18. The van der Waals surface area contributed by atoms with E-state index in [1.54, 1.807) is 12.1 Å². The van der Waals surface area contributed by atoms with E-state index in [9.17, 15) is 13.2 Å². The van der Waals surface area contributed by atoms with E-state index in [0.717, 1.165) is 15.4 Å². The molecule has 1 unspecified atom stereocenters. The number of amides is 1. The Kier molecular flexibility index (Phi) is 6.83. The van der Waals surface area contributed by atoms with Crippen molar-refractivity contribution in [2.24, 2.45) is 0 Å². The van der Waals surface area contributed by atoms with Gasteiger partial charge < -0.3 is 5.32 Å². The number of nitrogens with zero attached hydrogens (tertiary/aromatic N) is 1. The maximum Gasteiger partial charge on any atom is 0.253 e. The standard InChI is InChI=1S/C22H20Cl2N2O3S/c1-26(2)30(28,29)18-12-13-20(24)19(14-18)22(27)25-21(15-6-4-3-5-7-15)16-8-10-17(23)11-9-16/h3-14,21H,1-2H3,(H,25,27). The molecule has 30 heavy (non-hydrogen) atoms. The first-order valence-corrected chi connectivity index (χ1v) is 11.2. The lowest BCUT2D eigenvalue weighted by molar-refractivity contribution is 0.0943. The Morgan fingerprint density at radius 1 is 0.900 bits per heavy atom. The number of hydrogen-bond donors (Lipinski definition) is 1. The molecule has 3 aromatic rings. The van der Waals surface area contributed by atoms with Crippen molar-refractivity contribution in [3.8, 4) is 0 Å². The van der Waals surface area contributed by atoms with E-state index >= 15 is 0 Å². The van der Waals surface area contributed by atoms with Crippen LogP contribution in [-0.4, -0.2) is 32.7 Å². The van der Waals surface area contributed by atoms with Crippen LogP contribution in [0.1, 0.15) is 27.5 Å². The van der Waals surface area contributed by atoms with Crippen molar-refractivity contribution < 1.29 is 13.2 Å². The molecular weight excluding hydrogens is 443 g/mol. The Hall–Kier alpha value is -2.38. The molecule has 0 bridgehead atoms. The van der Waals surface area contributed by atoms with E-state index < -0.39 is 22.0 Å². The molecule has 1 N–H and O–H groups in total. The maximum atomic E-state index is 13.1. The van der Waals surface area contributed by atoms with Gasteiger partial charge in [-0.1, -0.05) is 65.7 Å². The van der Waals surface area contributed by atoms with Gasteiger partial charge in [-0.15, -0.1) is 0 Å². The van der Waals surface area contributed by atoms with Crippen LogP contribution in [0.2, 0.25) is 10.0 Å². The molecule has 0 aliphatic carbocycles. The van der Waals surface area contributed by atoms with Crippen LogP contribution in [-0.2, 0) is 10.0 Å². The summed E-state index contributed by atoms with van der Waals surface area (Å²) in [4.78, 5) is 13.1. The zero-order valence-electron chi connectivity index (χ0n) is 16.3. The van der Waals surface area contributed by atoms with Crippen LogP contribution in [0.25, 0.3) is 0 Å². The molecule has 0 aromatic heterocycles. The highest BCUT2D eigenvalue weighted by Crippen LogP contribution is 2.26. The normalized spacial score (nSPS) is 12.6. The third-order valence-corrected chi connectivity index (χ3v) is 6.97. The topological polar surface area (TPSA) is 66.5 Å². The number of hydrogen-bond acceptors (Lipinski definition) is 3. The second-order valence-corrected chi connectivity index (χ2v) is 9.79. The summed E-state index contributed by atoms with van der Waals surface area (Å²) in [6.07, 6.45) is 0. The van der Waals surface area contributed by atoms with Crippen LogP contribution in [0, 0.1) is 0 Å². The van der Waals surface area contributed by atoms with E-state index in [1.165, 1.54) is 32.3 Å². The average Bonchev–Trinajstić information content (AvgIpc) is 2.73. The van der Waals surface area contributed by atoms with E-state index in [4.69, 9.17) is 23.2 Å². The fraction of sp³-hybridized carbons (Fsp3) is 0.136. The molecule has 0 saturated carbocycles. The number of benzene rings is 3. The zero-order valence-corrected chi connectivity index (χ0v) is 18.7. The molecule has 0 saturated heterocycles. The van der Waals surface area contributed by atoms with Crippen molar-refractivity contribution in [2.45, 2.75) is 10.9 Å². The molecular formula is C22H20Cl2N2O3S. The predicted octanol–water partition coefficient (Wildman–Crippen LogP) is 4.76. The van der Waals surface area contributed by atoms with Gasteiger partial charge in [-0.3, -0.25) is 4.79 Å². The summed E-state index contributed by atoms with van der Waals surface area (Å²) >= 11 is 12.2. The van der Waals surface area contributed by atoms with Crippen molar-refractivity contribution in [3.63, 3.8) is 0 Å². The Bertz CT molecular complexity index is 1150. The molecule has 0 radical (unpaired) electrons. The van der Waals surface area contributed by atoms with Crippen molar-refractivity contribution in [1.29, 1.82) is 0 Å². The molecule has 3 rings (SSSR count). The summed E-state index contributed by atoms with van der Waals surface area (Å²) in [7, 11) is -0.855. The van der Waals surface area contributed by atoms with Gasteiger partial charge in [0.2, 0.25) is 10.0 Å². The quantitative estimate of drug-likeness (QED) is 0.573. The van der Waals surface area contributed by atoms with Gasteiger partial charge in [-0.25, -0.2) is 12.7 Å². The SMILES string of the molecule is CN(C)S(=O)(=O)c1ccc(Cl)c(C(=O)NC(c2ccccc2)c2ccc(Cl)cc2)c1. The number of rotatable bonds is 6. The first kappa shape index (κ1) is 22.3. The van der Waals surface area contributed by atoms with E-state index in [-0.39, 0.29) is 15.5 Å². The van der Waals surface area contributed by atoms with Gasteiger partial charge in [0.15, 0.2) is 0 Å². The maximum absolute atomic E-state index is 13.1. The van der Waals surface area contributed by atoms with Crippen LogP contribution >= 0.6 is 23.2 Å². The number of sulfonamides is 1. The van der Waals surface area contributed by atoms with Gasteiger partial charge in [0.25, 0.3) is 5.91 Å². The van der Waals surface area contributed by atoms with E-state index in [0.29, 0.717) is 5.02 Å². The van der Waals surface area contributed by atoms with Gasteiger partial charge in [0.1, 0.15) is 0 Å². The molecule has 8 heteroatoms. The Morgan fingerprint density at radius 2 is 1.50 bits per heavy atom. The summed E-state index contributed by atoms with van der Waals surface area (Å²) < 4.78 is 26.0. The molecule has 0 heterocycles.